The molecule has 0 heterocycles. The van der Waals surface area contributed by atoms with Crippen molar-refractivity contribution in [2.45, 2.75) is 101 Å². The Morgan fingerprint density at radius 1 is 0.482 bits per heavy atom. The maximum atomic E-state index is 2.54. The molecule has 0 N–H and O–H groups in total. The summed E-state index contributed by atoms with van der Waals surface area (Å²) in [5.74, 6) is 3.56. The number of hydrogen-bond donors (Lipinski definition) is 0. The highest BCUT2D eigenvalue weighted by atomic mass is 15.1. The SMILES string of the molecule is CC1(C)c2cc(N(c3ccc(C4CCCCC4)cc3)c3ccc(C45CC6CC(CC(C6)C4)C5)cc3)ccc2-c2c(-c3ccc(-c4ccccc4)cc3)cccc21. The Hall–Kier alpha value is -4.88. The van der Waals surface area contributed by atoms with Crippen LogP contribution in [0.5, 0.6) is 0 Å². The average molecular weight is 730 g/mol. The van der Waals surface area contributed by atoms with Gasteiger partial charge in [-0.3, -0.25) is 0 Å². The van der Waals surface area contributed by atoms with Crippen LogP contribution in [0.4, 0.5) is 17.1 Å². The summed E-state index contributed by atoms with van der Waals surface area (Å²) in [7, 11) is 0. The molecule has 0 radical (unpaired) electrons. The largest absolute Gasteiger partial charge is 0.310 e. The Kier molecular flexibility index (Phi) is 8.20. The van der Waals surface area contributed by atoms with E-state index >= 15 is 0 Å². The van der Waals surface area contributed by atoms with Crippen molar-refractivity contribution in [1.29, 1.82) is 0 Å². The van der Waals surface area contributed by atoms with Gasteiger partial charge in [0.2, 0.25) is 0 Å². The van der Waals surface area contributed by atoms with Crippen LogP contribution in [0.1, 0.15) is 113 Å². The van der Waals surface area contributed by atoms with Crippen LogP contribution >= 0.6 is 0 Å². The smallest absolute Gasteiger partial charge is 0.0465 e. The Labute approximate surface area is 334 Å². The Balaban J connectivity index is 0.980. The first-order chi connectivity index (χ1) is 27.4. The second kappa shape index (κ2) is 13.4. The third kappa shape index (κ3) is 5.71. The van der Waals surface area contributed by atoms with Crippen LogP contribution in [-0.2, 0) is 10.8 Å². The van der Waals surface area contributed by atoms with E-state index in [2.05, 4.69) is 158 Å². The lowest BCUT2D eigenvalue weighted by Gasteiger charge is -2.57. The summed E-state index contributed by atoms with van der Waals surface area (Å²) in [6.07, 6.45) is 15.5. The summed E-state index contributed by atoms with van der Waals surface area (Å²) in [5, 5.41) is 0. The van der Waals surface area contributed by atoms with E-state index < -0.39 is 0 Å². The van der Waals surface area contributed by atoms with Crippen molar-refractivity contribution in [3.63, 3.8) is 0 Å². The highest BCUT2D eigenvalue weighted by molar-refractivity contribution is 5.94. The topological polar surface area (TPSA) is 3.24 Å². The summed E-state index contributed by atoms with van der Waals surface area (Å²) < 4.78 is 0. The summed E-state index contributed by atoms with van der Waals surface area (Å²) >= 11 is 0. The van der Waals surface area contributed by atoms with Gasteiger partial charge < -0.3 is 4.90 Å². The molecule has 6 aromatic rings. The van der Waals surface area contributed by atoms with Crippen LogP contribution in [0.25, 0.3) is 33.4 Å². The van der Waals surface area contributed by atoms with E-state index in [1.165, 1.54) is 138 Å². The van der Waals surface area contributed by atoms with Gasteiger partial charge in [0.15, 0.2) is 0 Å². The monoisotopic (exact) mass is 729 g/mol. The summed E-state index contributed by atoms with van der Waals surface area (Å²) in [6, 6.07) is 53.8. The molecule has 0 atom stereocenters. The average Bonchev–Trinajstić information content (AvgIpc) is 3.47. The molecule has 4 bridgehead atoms. The molecular formula is C55H55N. The second-order valence-electron chi connectivity index (χ2n) is 19.0. The van der Waals surface area contributed by atoms with Crippen molar-refractivity contribution in [1.82, 2.24) is 0 Å². The molecular weight excluding hydrogens is 675 g/mol. The summed E-state index contributed by atoms with van der Waals surface area (Å²) in [4.78, 5) is 2.54. The number of nitrogens with zero attached hydrogens (tertiary/aromatic N) is 1. The molecule has 6 aliphatic carbocycles. The first-order valence-electron chi connectivity index (χ1n) is 21.9. The lowest BCUT2D eigenvalue weighted by Crippen LogP contribution is -2.48. The molecule has 1 heteroatoms. The first kappa shape index (κ1) is 34.4. The van der Waals surface area contributed by atoms with Gasteiger partial charge in [0, 0.05) is 22.5 Å². The summed E-state index contributed by atoms with van der Waals surface area (Å²) in [6.45, 7) is 4.85. The van der Waals surface area contributed by atoms with Crippen molar-refractivity contribution < 1.29 is 0 Å². The van der Waals surface area contributed by atoms with Crippen LogP contribution < -0.4 is 4.90 Å². The third-order valence-corrected chi connectivity index (χ3v) is 15.2. The second-order valence-corrected chi connectivity index (χ2v) is 19.0. The third-order valence-electron chi connectivity index (χ3n) is 15.2. The van der Waals surface area contributed by atoms with Crippen LogP contribution in [0.3, 0.4) is 0 Å². The fourth-order valence-corrected chi connectivity index (χ4v) is 12.8. The quantitative estimate of drug-likeness (QED) is 0.158. The van der Waals surface area contributed by atoms with Gasteiger partial charge >= 0.3 is 0 Å². The van der Waals surface area contributed by atoms with Gasteiger partial charge in [0.25, 0.3) is 0 Å². The normalized spacial score (nSPS) is 24.5. The lowest BCUT2D eigenvalue weighted by molar-refractivity contribution is -0.00518. The zero-order chi connectivity index (χ0) is 37.4. The molecule has 6 aliphatic rings. The highest BCUT2D eigenvalue weighted by Crippen LogP contribution is 2.61. The minimum Gasteiger partial charge on any atom is -0.310 e. The van der Waals surface area contributed by atoms with Crippen molar-refractivity contribution >= 4 is 17.1 Å². The van der Waals surface area contributed by atoms with E-state index in [1.807, 2.05) is 0 Å². The highest BCUT2D eigenvalue weighted by Gasteiger charge is 2.51. The molecule has 0 spiro atoms. The minimum absolute atomic E-state index is 0.125. The van der Waals surface area contributed by atoms with Gasteiger partial charge in [-0.1, -0.05) is 136 Å². The molecule has 56 heavy (non-hydrogen) atoms. The number of benzene rings is 6. The van der Waals surface area contributed by atoms with Crippen LogP contribution in [-0.4, -0.2) is 0 Å². The Morgan fingerprint density at radius 2 is 1.07 bits per heavy atom. The lowest BCUT2D eigenvalue weighted by atomic mass is 9.48. The predicted molar refractivity (Wildman–Crippen MR) is 235 cm³/mol. The van der Waals surface area contributed by atoms with E-state index in [1.54, 1.807) is 5.56 Å². The van der Waals surface area contributed by atoms with Gasteiger partial charge in [-0.15, -0.1) is 0 Å². The standard InChI is InChI=1S/C55H55N/c1-54(2)51-15-9-14-49(44-18-16-42(17-19-44)40-10-5-3-6-11-40)53(51)50-29-28-48(33-52(50)54)56(46-24-20-43(21-25-46)41-12-7-4-8-13-41)47-26-22-45(23-27-47)55-34-37-30-38(35-55)32-39(31-37)36-55/h3,5-6,9-11,14-29,33,37-39,41H,4,7-8,12-13,30-32,34-36H2,1-2H3. The van der Waals surface area contributed by atoms with E-state index in [9.17, 15) is 0 Å². The van der Waals surface area contributed by atoms with Crippen LogP contribution in [0.15, 0.2) is 140 Å². The number of hydrogen-bond acceptors (Lipinski definition) is 1. The molecule has 6 aromatic carbocycles. The Morgan fingerprint density at radius 3 is 1.73 bits per heavy atom. The molecule has 280 valence electrons. The molecule has 0 amide bonds. The zero-order valence-electron chi connectivity index (χ0n) is 33.3. The van der Waals surface area contributed by atoms with E-state index in [0.717, 1.165) is 17.8 Å². The zero-order valence-corrected chi connectivity index (χ0v) is 33.3. The summed E-state index contributed by atoms with van der Waals surface area (Å²) in [5.41, 5.74) is 17.8. The van der Waals surface area contributed by atoms with Crippen molar-refractivity contribution in [2.75, 3.05) is 4.90 Å². The number of anilines is 3. The molecule has 1 nitrogen and oxygen atoms in total. The fraction of sp³-hybridized carbons (Fsp3) is 0.345. The maximum Gasteiger partial charge on any atom is 0.0465 e. The fourth-order valence-electron chi connectivity index (χ4n) is 12.8. The van der Waals surface area contributed by atoms with Gasteiger partial charge in [0.05, 0.1) is 0 Å². The van der Waals surface area contributed by atoms with Gasteiger partial charge in [-0.2, -0.15) is 0 Å². The number of rotatable bonds is 7. The molecule has 5 fully saturated rings. The Bertz CT molecular complexity index is 2340. The van der Waals surface area contributed by atoms with Crippen LogP contribution in [0, 0.1) is 17.8 Å². The van der Waals surface area contributed by atoms with Crippen molar-refractivity contribution in [3.8, 4) is 33.4 Å². The van der Waals surface area contributed by atoms with Crippen molar-refractivity contribution in [3.05, 3.63) is 162 Å². The van der Waals surface area contributed by atoms with Gasteiger partial charge in [-0.25, -0.2) is 0 Å². The van der Waals surface area contributed by atoms with E-state index in [-0.39, 0.29) is 5.41 Å². The maximum absolute atomic E-state index is 2.54. The molecule has 0 aromatic heterocycles. The minimum atomic E-state index is -0.125. The van der Waals surface area contributed by atoms with Gasteiger partial charge in [-0.05, 0) is 172 Å². The molecule has 0 aliphatic heterocycles. The predicted octanol–water partition coefficient (Wildman–Crippen LogP) is 15.3. The first-order valence-corrected chi connectivity index (χ1v) is 21.9. The van der Waals surface area contributed by atoms with Crippen LogP contribution in [0.2, 0.25) is 0 Å². The number of fused-ring (bicyclic) bond motifs is 3. The molecule has 5 saturated carbocycles. The van der Waals surface area contributed by atoms with E-state index in [4.69, 9.17) is 0 Å². The van der Waals surface area contributed by atoms with Crippen molar-refractivity contribution in [2.24, 2.45) is 17.8 Å². The van der Waals surface area contributed by atoms with E-state index in [0.29, 0.717) is 11.3 Å². The van der Waals surface area contributed by atoms with Gasteiger partial charge in [0.1, 0.15) is 0 Å². The molecule has 0 unspecified atom stereocenters. The molecule has 0 saturated heterocycles. The molecule has 12 rings (SSSR count).